The molecule has 5 heteroatoms. The molecule has 1 saturated heterocycles. The highest BCUT2D eigenvalue weighted by Gasteiger charge is 2.22. The van der Waals surface area contributed by atoms with Crippen molar-refractivity contribution in [3.63, 3.8) is 0 Å². The van der Waals surface area contributed by atoms with E-state index in [4.69, 9.17) is 0 Å². The van der Waals surface area contributed by atoms with Gasteiger partial charge < -0.3 is 4.90 Å². The minimum absolute atomic E-state index is 0.308. The third kappa shape index (κ3) is 3.03. The van der Waals surface area contributed by atoms with Gasteiger partial charge in [0.15, 0.2) is 0 Å². The monoisotopic (exact) mass is 366 g/mol. The molecule has 26 heavy (non-hydrogen) atoms. The van der Waals surface area contributed by atoms with Crippen LogP contribution in [0.25, 0.3) is 10.8 Å². The van der Waals surface area contributed by atoms with Crippen LogP contribution in [0.1, 0.15) is 12.8 Å². The Morgan fingerprint density at radius 2 is 1.50 bits per heavy atom. The Kier molecular flexibility index (Phi) is 4.32. The van der Waals surface area contributed by atoms with Crippen molar-refractivity contribution in [3.8, 4) is 0 Å². The number of fused-ring (bicyclic) bond motifs is 1. The van der Waals surface area contributed by atoms with Crippen molar-refractivity contribution in [1.29, 1.82) is 0 Å². The number of anilines is 2. The Bertz CT molecular complexity index is 1020. The van der Waals surface area contributed by atoms with E-state index >= 15 is 0 Å². The fourth-order valence-corrected chi connectivity index (χ4v) is 4.70. The Labute approximate surface area is 154 Å². The maximum atomic E-state index is 13.0. The lowest BCUT2D eigenvalue weighted by Crippen LogP contribution is -2.26. The molecule has 1 fully saturated rings. The molecule has 1 heterocycles. The van der Waals surface area contributed by atoms with E-state index in [2.05, 4.69) is 4.90 Å². The maximum Gasteiger partial charge on any atom is 0.264 e. The van der Waals surface area contributed by atoms with Crippen LogP contribution in [0, 0.1) is 0 Å². The van der Waals surface area contributed by atoms with Crippen molar-refractivity contribution in [2.75, 3.05) is 29.3 Å². The molecule has 3 aromatic carbocycles. The molecule has 0 aliphatic carbocycles. The summed E-state index contributed by atoms with van der Waals surface area (Å²) in [6, 6.07) is 20.8. The van der Waals surface area contributed by atoms with E-state index in [-0.39, 0.29) is 0 Å². The molecule has 0 atom stereocenters. The molecular formula is C21H22N2O2S. The van der Waals surface area contributed by atoms with Crippen molar-refractivity contribution in [1.82, 2.24) is 0 Å². The molecule has 134 valence electrons. The lowest BCUT2D eigenvalue weighted by atomic mass is 10.1. The van der Waals surface area contributed by atoms with Gasteiger partial charge in [-0.1, -0.05) is 30.3 Å². The maximum absolute atomic E-state index is 13.0. The van der Waals surface area contributed by atoms with Crippen LogP contribution in [-0.2, 0) is 10.0 Å². The number of hydrogen-bond acceptors (Lipinski definition) is 3. The van der Waals surface area contributed by atoms with E-state index in [0.29, 0.717) is 10.6 Å². The molecule has 0 saturated carbocycles. The van der Waals surface area contributed by atoms with Crippen LogP contribution in [-0.4, -0.2) is 28.6 Å². The predicted octanol–water partition coefficient (Wildman–Crippen LogP) is 4.27. The van der Waals surface area contributed by atoms with Gasteiger partial charge in [0.1, 0.15) is 0 Å². The highest BCUT2D eigenvalue weighted by atomic mass is 32.2. The van der Waals surface area contributed by atoms with E-state index in [1.54, 1.807) is 19.2 Å². The molecule has 0 aromatic heterocycles. The third-order valence-corrected chi connectivity index (χ3v) is 6.85. The summed E-state index contributed by atoms with van der Waals surface area (Å²) < 4.78 is 27.4. The third-order valence-electron chi connectivity index (χ3n) is 5.06. The van der Waals surface area contributed by atoms with Crippen LogP contribution in [0.3, 0.4) is 0 Å². The molecule has 1 aliphatic rings. The molecule has 0 amide bonds. The van der Waals surface area contributed by atoms with Crippen LogP contribution in [0.2, 0.25) is 0 Å². The fourth-order valence-electron chi connectivity index (χ4n) is 3.47. The summed E-state index contributed by atoms with van der Waals surface area (Å²) >= 11 is 0. The van der Waals surface area contributed by atoms with Gasteiger partial charge in [-0.2, -0.15) is 0 Å². The van der Waals surface area contributed by atoms with Gasteiger partial charge in [-0.15, -0.1) is 0 Å². The number of hydrogen-bond donors (Lipinski definition) is 0. The zero-order chi connectivity index (χ0) is 18.1. The molecular weight excluding hydrogens is 344 g/mol. The molecule has 4 rings (SSSR count). The summed E-state index contributed by atoms with van der Waals surface area (Å²) in [5, 5.41) is 1.95. The van der Waals surface area contributed by atoms with Crippen LogP contribution in [0.15, 0.2) is 71.6 Å². The zero-order valence-electron chi connectivity index (χ0n) is 14.8. The predicted molar refractivity (Wildman–Crippen MR) is 107 cm³/mol. The fraction of sp³-hybridized carbons (Fsp3) is 0.238. The van der Waals surface area contributed by atoms with Gasteiger partial charge in [-0.3, -0.25) is 4.31 Å². The second kappa shape index (κ2) is 6.65. The topological polar surface area (TPSA) is 40.6 Å². The minimum atomic E-state index is -3.60. The molecule has 0 radical (unpaired) electrons. The van der Waals surface area contributed by atoms with Crippen molar-refractivity contribution in [3.05, 3.63) is 66.7 Å². The first-order valence-electron chi connectivity index (χ1n) is 8.88. The number of rotatable bonds is 4. The minimum Gasteiger partial charge on any atom is -0.372 e. The van der Waals surface area contributed by atoms with Gasteiger partial charge in [-0.05, 0) is 60.0 Å². The lowest BCUT2D eigenvalue weighted by molar-refractivity contribution is 0.594. The SMILES string of the molecule is CN(c1ccc(N2CCCC2)cc1)S(=O)(=O)c1ccc2ccccc2c1. The Hall–Kier alpha value is -2.53. The molecule has 0 spiro atoms. The van der Waals surface area contributed by atoms with E-state index in [1.807, 2.05) is 54.6 Å². The molecule has 0 N–H and O–H groups in total. The second-order valence-electron chi connectivity index (χ2n) is 6.69. The van der Waals surface area contributed by atoms with E-state index in [9.17, 15) is 8.42 Å². The summed E-state index contributed by atoms with van der Waals surface area (Å²) in [5.74, 6) is 0. The number of sulfonamides is 1. The van der Waals surface area contributed by atoms with Crippen LogP contribution >= 0.6 is 0 Å². The van der Waals surface area contributed by atoms with Gasteiger partial charge in [0.05, 0.1) is 10.6 Å². The molecule has 4 nitrogen and oxygen atoms in total. The average Bonchev–Trinajstić information content (AvgIpc) is 3.22. The first-order chi connectivity index (χ1) is 12.6. The Morgan fingerprint density at radius 1 is 0.846 bits per heavy atom. The second-order valence-corrected chi connectivity index (χ2v) is 8.66. The quantitative estimate of drug-likeness (QED) is 0.692. The standard InChI is InChI=1S/C21H22N2O2S/c1-22(19-9-11-20(12-10-19)23-14-4-5-15-23)26(24,25)21-13-8-17-6-2-3-7-18(17)16-21/h2-3,6-13,16H,4-5,14-15H2,1H3. The van der Waals surface area contributed by atoms with Gasteiger partial charge in [0.2, 0.25) is 0 Å². The van der Waals surface area contributed by atoms with Gasteiger partial charge in [0, 0.05) is 25.8 Å². The molecule has 1 aliphatic heterocycles. The first kappa shape index (κ1) is 16.9. The molecule has 0 unspecified atom stereocenters. The van der Waals surface area contributed by atoms with E-state index < -0.39 is 10.0 Å². The van der Waals surface area contributed by atoms with Gasteiger partial charge in [-0.25, -0.2) is 8.42 Å². The zero-order valence-corrected chi connectivity index (χ0v) is 15.6. The Morgan fingerprint density at radius 3 is 2.19 bits per heavy atom. The van der Waals surface area contributed by atoms with Gasteiger partial charge in [0.25, 0.3) is 10.0 Å². The molecule has 3 aromatic rings. The van der Waals surface area contributed by atoms with Crippen LogP contribution in [0.5, 0.6) is 0 Å². The Balaban J connectivity index is 1.63. The normalized spacial score (nSPS) is 14.7. The summed E-state index contributed by atoms with van der Waals surface area (Å²) in [6.45, 7) is 2.15. The lowest BCUT2D eigenvalue weighted by Gasteiger charge is -2.22. The van der Waals surface area contributed by atoms with Crippen molar-refractivity contribution >= 4 is 32.2 Å². The van der Waals surface area contributed by atoms with Crippen molar-refractivity contribution in [2.45, 2.75) is 17.7 Å². The summed E-state index contributed by atoms with van der Waals surface area (Å²) in [7, 11) is -1.99. The highest BCUT2D eigenvalue weighted by Crippen LogP contribution is 2.28. The largest absolute Gasteiger partial charge is 0.372 e. The smallest absolute Gasteiger partial charge is 0.264 e. The number of nitrogens with zero attached hydrogens (tertiary/aromatic N) is 2. The van der Waals surface area contributed by atoms with Crippen molar-refractivity contribution < 1.29 is 8.42 Å². The summed E-state index contributed by atoms with van der Waals surface area (Å²) in [4.78, 5) is 2.64. The number of benzene rings is 3. The summed E-state index contributed by atoms with van der Waals surface area (Å²) in [5.41, 5.74) is 1.82. The average molecular weight is 366 g/mol. The first-order valence-corrected chi connectivity index (χ1v) is 10.3. The van der Waals surface area contributed by atoms with Crippen molar-refractivity contribution in [2.24, 2.45) is 0 Å². The highest BCUT2D eigenvalue weighted by molar-refractivity contribution is 7.92. The van der Waals surface area contributed by atoms with E-state index in [0.717, 1.165) is 29.5 Å². The van der Waals surface area contributed by atoms with Crippen LogP contribution in [0.4, 0.5) is 11.4 Å². The van der Waals surface area contributed by atoms with E-state index in [1.165, 1.54) is 17.1 Å². The molecule has 0 bridgehead atoms. The van der Waals surface area contributed by atoms with Crippen LogP contribution < -0.4 is 9.21 Å². The van der Waals surface area contributed by atoms with Gasteiger partial charge >= 0.3 is 0 Å². The summed E-state index contributed by atoms with van der Waals surface area (Å²) in [6.07, 6.45) is 2.44.